The minimum absolute atomic E-state index is 0.0459. The van der Waals surface area contributed by atoms with Gasteiger partial charge in [-0.05, 0) is 24.3 Å². The highest BCUT2D eigenvalue weighted by atomic mass is 16.5. The first-order valence-electron chi connectivity index (χ1n) is 8.29. The second kappa shape index (κ2) is 7.27. The molecule has 0 spiro atoms. The summed E-state index contributed by atoms with van der Waals surface area (Å²) in [7, 11) is 3.37. The molecule has 0 aliphatic rings. The van der Waals surface area contributed by atoms with Crippen LogP contribution < -0.4 is 15.4 Å². The Labute approximate surface area is 160 Å². The quantitative estimate of drug-likeness (QED) is 0.554. The van der Waals surface area contributed by atoms with Gasteiger partial charge in [0.15, 0.2) is 5.69 Å². The van der Waals surface area contributed by atoms with Crippen LogP contribution in [0.2, 0.25) is 0 Å². The van der Waals surface area contributed by atoms with Crippen molar-refractivity contribution < 1.29 is 9.26 Å². The molecular weight excluding hydrogens is 360 g/mol. The number of ether oxygens (including phenoxy) is 1. The van der Waals surface area contributed by atoms with E-state index >= 15 is 0 Å². The van der Waals surface area contributed by atoms with Crippen molar-refractivity contribution in [2.45, 2.75) is 0 Å². The maximum atomic E-state index is 5.87. The molecule has 0 radical (unpaired) electrons. The molecule has 140 valence electrons. The van der Waals surface area contributed by atoms with E-state index in [2.05, 4.69) is 30.1 Å². The van der Waals surface area contributed by atoms with Gasteiger partial charge in [0, 0.05) is 18.9 Å². The van der Waals surface area contributed by atoms with Crippen LogP contribution in [0.3, 0.4) is 0 Å². The van der Waals surface area contributed by atoms with Crippen molar-refractivity contribution in [2.75, 3.05) is 24.8 Å². The first-order chi connectivity index (χ1) is 13.7. The highest BCUT2D eigenvalue weighted by Crippen LogP contribution is 2.28. The maximum Gasteiger partial charge on any atom is 0.280 e. The van der Waals surface area contributed by atoms with Crippen LogP contribution in [0.4, 0.5) is 17.6 Å². The van der Waals surface area contributed by atoms with Crippen molar-refractivity contribution in [3.63, 3.8) is 0 Å². The van der Waals surface area contributed by atoms with Crippen molar-refractivity contribution >= 4 is 17.6 Å². The Morgan fingerprint density at radius 1 is 0.964 bits per heavy atom. The second-order valence-electron chi connectivity index (χ2n) is 5.69. The minimum atomic E-state index is 0.0459. The molecule has 0 saturated heterocycles. The SMILES string of the molecule is COc1cccnc1-c1nc(-c2nc(N)nc(N(C)c3ccccc3)n2)no1. The number of aromatic nitrogens is 6. The van der Waals surface area contributed by atoms with Gasteiger partial charge < -0.3 is 19.9 Å². The van der Waals surface area contributed by atoms with Crippen molar-refractivity contribution in [3.8, 4) is 29.0 Å². The number of para-hydroxylation sites is 1. The Bertz CT molecular complexity index is 1100. The van der Waals surface area contributed by atoms with E-state index in [1.165, 1.54) is 7.11 Å². The summed E-state index contributed by atoms with van der Waals surface area (Å²) in [6.45, 7) is 0. The van der Waals surface area contributed by atoms with Crippen molar-refractivity contribution in [3.05, 3.63) is 48.7 Å². The fraction of sp³-hybridized carbons (Fsp3) is 0.111. The van der Waals surface area contributed by atoms with Crippen LogP contribution in [0.25, 0.3) is 23.2 Å². The number of hydrogen-bond acceptors (Lipinski definition) is 10. The largest absolute Gasteiger partial charge is 0.494 e. The normalized spacial score (nSPS) is 10.6. The summed E-state index contributed by atoms with van der Waals surface area (Å²) in [6.07, 6.45) is 1.61. The third kappa shape index (κ3) is 3.30. The summed E-state index contributed by atoms with van der Waals surface area (Å²) >= 11 is 0. The summed E-state index contributed by atoms with van der Waals surface area (Å²) in [5.74, 6) is 1.46. The van der Waals surface area contributed by atoms with Crippen LogP contribution >= 0.6 is 0 Å². The number of nitrogens with zero attached hydrogens (tertiary/aromatic N) is 7. The third-order valence-electron chi connectivity index (χ3n) is 3.90. The molecule has 4 rings (SSSR count). The number of rotatable bonds is 5. The molecule has 3 aromatic heterocycles. The summed E-state index contributed by atoms with van der Waals surface area (Å²) in [6, 6.07) is 13.1. The van der Waals surface area contributed by atoms with Crippen LogP contribution in [-0.2, 0) is 0 Å². The van der Waals surface area contributed by atoms with E-state index < -0.39 is 0 Å². The van der Waals surface area contributed by atoms with E-state index in [9.17, 15) is 0 Å². The van der Waals surface area contributed by atoms with E-state index in [1.54, 1.807) is 23.2 Å². The third-order valence-corrected chi connectivity index (χ3v) is 3.90. The van der Waals surface area contributed by atoms with Crippen LogP contribution in [0.15, 0.2) is 53.2 Å². The molecular formula is C18H16N8O2. The van der Waals surface area contributed by atoms with Gasteiger partial charge in [0.25, 0.3) is 5.89 Å². The van der Waals surface area contributed by atoms with Crippen LogP contribution in [0, 0.1) is 0 Å². The highest BCUT2D eigenvalue weighted by molar-refractivity contribution is 5.61. The van der Waals surface area contributed by atoms with Crippen molar-refractivity contribution in [1.29, 1.82) is 0 Å². The maximum absolute atomic E-state index is 5.87. The lowest BCUT2D eigenvalue weighted by Crippen LogP contribution is -2.15. The van der Waals surface area contributed by atoms with E-state index in [0.717, 1.165) is 5.69 Å². The first-order valence-corrected chi connectivity index (χ1v) is 8.29. The molecule has 0 aliphatic heterocycles. The molecule has 0 bridgehead atoms. The predicted molar refractivity (Wildman–Crippen MR) is 102 cm³/mol. The van der Waals surface area contributed by atoms with Gasteiger partial charge in [-0.2, -0.15) is 19.9 Å². The second-order valence-corrected chi connectivity index (χ2v) is 5.69. The molecule has 0 atom stereocenters. The smallest absolute Gasteiger partial charge is 0.280 e. The zero-order chi connectivity index (χ0) is 19.5. The zero-order valence-electron chi connectivity index (χ0n) is 15.1. The number of methoxy groups -OCH3 is 1. The average molecular weight is 376 g/mol. The predicted octanol–water partition coefficient (Wildman–Crippen LogP) is 2.34. The number of pyridine rings is 1. The summed E-state index contributed by atoms with van der Waals surface area (Å²) in [5, 5.41) is 3.94. The van der Waals surface area contributed by atoms with Gasteiger partial charge in [0.1, 0.15) is 5.75 Å². The Kier molecular flexibility index (Phi) is 4.50. The average Bonchev–Trinajstić information content (AvgIpc) is 3.23. The monoisotopic (exact) mass is 376 g/mol. The molecule has 28 heavy (non-hydrogen) atoms. The Morgan fingerprint density at radius 3 is 2.57 bits per heavy atom. The number of anilines is 3. The van der Waals surface area contributed by atoms with Crippen LogP contribution in [0.1, 0.15) is 0 Å². The van der Waals surface area contributed by atoms with Gasteiger partial charge in [-0.25, -0.2) is 4.98 Å². The molecule has 3 heterocycles. The molecule has 2 N–H and O–H groups in total. The number of hydrogen-bond donors (Lipinski definition) is 1. The Morgan fingerprint density at radius 2 is 1.79 bits per heavy atom. The molecule has 10 heteroatoms. The zero-order valence-corrected chi connectivity index (χ0v) is 15.1. The van der Waals surface area contributed by atoms with Crippen molar-refractivity contribution in [2.24, 2.45) is 0 Å². The summed E-state index contributed by atoms with van der Waals surface area (Å²) < 4.78 is 10.6. The summed E-state index contributed by atoms with van der Waals surface area (Å²) in [4.78, 5) is 23.1. The van der Waals surface area contributed by atoms with Gasteiger partial charge >= 0.3 is 0 Å². The molecule has 0 aliphatic carbocycles. The van der Waals surface area contributed by atoms with Gasteiger partial charge in [-0.3, -0.25) is 0 Å². The molecule has 0 amide bonds. The molecule has 0 unspecified atom stereocenters. The van der Waals surface area contributed by atoms with Gasteiger partial charge in [0.2, 0.25) is 23.5 Å². The van der Waals surface area contributed by atoms with E-state index in [4.69, 9.17) is 15.0 Å². The molecule has 0 fully saturated rings. The molecule has 10 nitrogen and oxygen atoms in total. The van der Waals surface area contributed by atoms with Crippen LogP contribution in [-0.4, -0.2) is 44.2 Å². The van der Waals surface area contributed by atoms with Crippen molar-refractivity contribution in [1.82, 2.24) is 30.1 Å². The first kappa shape index (κ1) is 17.3. The number of benzene rings is 1. The van der Waals surface area contributed by atoms with Gasteiger partial charge in [-0.1, -0.05) is 23.4 Å². The lowest BCUT2D eigenvalue weighted by molar-refractivity contribution is 0.402. The standard InChI is InChI=1S/C18H16N8O2/c1-26(11-7-4-3-5-8-11)18-23-14(22-17(19)24-18)15-21-16(28-25-15)13-12(27-2)9-6-10-20-13/h3-10H,1-2H3,(H2,19,22,23,24). The Balaban J connectivity index is 1.71. The highest BCUT2D eigenvalue weighted by Gasteiger charge is 2.19. The fourth-order valence-electron chi connectivity index (χ4n) is 2.52. The lowest BCUT2D eigenvalue weighted by Gasteiger charge is -2.17. The van der Waals surface area contributed by atoms with E-state index in [0.29, 0.717) is 17.4 Å². The fourth-order valence-corrected chi connectivity index (χ4v) is 2.52. The number of nitrogens with two attached hydrogens (primary N) is 1. The molecule has 4 aromatic rings. The molecule has 0 saturated carbocycles. The molecule has 1 aromatic carbocycles. The van der Waals surface area contributed by atoms with E-state index in [1.807, 2.05) is 37.4 Å². The Hall–Kier alpha value is -4.08. The summed E-state index contributed by atoms with van der Waals surface area (Å²) in [5.41, 5.74) is 7.19. The number of nitrogen functional groups attached to an aromatic ring is 1. The van der Waals surface area contributed by atoms with Crippen LogP contribution in [0.5, 0.6) is 5.75 Å². The van der Waals surface area contributed by atoms with Gasteiger partial charge in [-0.15, -0.1) is 0 Å². The lowest BCUT2D eigenvalue weighted by atomic mass is 10.3. The van der Waals surface area contributed by atoms with Gasteiger partial charge in [0.05, 0.1) is 7.11 Å². The van der Waals surface area contributed by atoms with E-state index in [-0.39, 0.29) is 23.5 Å². The minimum Gasteiger partial charge on any atom is -0.494 e. The topological polar surface area (TPSA) is 129 Å².